The van der Waals surface area contributed by atoms with Gasteiger partial charge in [0, 0.05) is 6.42 Å². The summed E-state index contributed by atoms with van der Waals surface area (Å²) >= 11 is 1.31. The zero-order valence-corrected chi connectivity index (χ0v) is 7.78. The fourth-order valence-corrected chi connectivity index (χ4v) is 2.59. The highest BCUT2D eigenvalue weighted by atomic mass is 32.2. The number of rotatable bonds is 1. The highest BCUT2D eigenvalue weighted by molar-refractivity contribution is 8.14. The highest BCUT2D eigenvalue weighted by Crippen LogP contribution is 2.34. The van der Waals surface area contributed by atoms with Crippen molar-refractivity contribution in [3.8, 4) is 0 Å². The summed E-state index contributed by atoms with van der Waals surface area (Å²) in [5, 5.41) is 19.0. The van der Waals surface area contributed by atoms with E-state index in [1.807, 2.05) is 0 Å². The third-order valence-electron chi connectivity index (χ3n) is 2.22. The molecule has 2 rings (SSSR count). The van der Waals surface area contributed by atoms with E-state index in [-0.39, 0.29) is 24.2 Å². The SMILES string of the molecule is NC1=NC2C(O)CC(CO)OC2S1. The van der Waals surface area contributed by atoms with Crippen LogP contribution in [0.5, 0.6) is 0 Å². The molecule has 0 aromatic heterocycles. The molecule has 0 aliphatic carbocycles. The lowest BCUT2D eigenvalue weighted by Crippen LogP contribution is -2.45. The molecule has 0 radical (unpaired) electrons. The average Bonchev–Trinajstić information content (AvgIpc) is 2.46. The molecule has 0 saturated carbocycles. The molecule has 4 atom stereocenters. The quantitative estimate of drug-likeness (QED) is 0.504. The molecule has 74 valence electrons. The predicted octanol–water partition coefficient (Wildman–Crippen LogP) is -1.12. The van der Waals surface area contributed by atoms with Gasteiger partial charge in [0.15, 0.2) is 5.17 Å². The third-order valence-corrected chi connectivity index (χ3v) is 3.19. The minimum Gasteiger partial charge on any atom is -0.394 e. The first kappa shape index (κ1) is 9.26. The molecule has 6 heteroatoms. The van der Waals surface area contributed by atoms with Gasteiger partial charge < -0.3 is 20.7 Å². The first-order valence-electron chi connectivity index (χ1n) is 4.15. The normalized spacial score (nSPS) is 44.3. The van der Waals surface area contributed by atoms with Crippen molar-refractivity contribution in [2.75, 3.05) is 6.61 Å². The molecule has 2 aliphatic heterocycles. The summed E-state index contributed by atoms with van der Waals surface area (Å²) in [4.78, 5) is 4.06. The van der Waals surface area contributed by atoms with Crippen LogP contribution in [0, 0.1) is 0 Å². The van der Waals surface area contributed by atoms with Gasteiger partial charge in [-0.05, 0) is 0 Å². The van der Waals surface area contributed by atoms with E-state index in [1.54, 1.807) is 0 Å². The molecule has 1 fully saturated rings. The fraction of sp³-hybridized carbons (Fsp3) is 0.857. The fourth-order valence-electron chi connectivity index (χ4n) is 1.57. The van der Waals surface area contributed by atoms with Crippen LogP contribution in [0.2, 0.25) is 0 Å². The molecule has 0 spiro atoms. The molecule has 0 aromatic carbocycles. The van der Waals surface area contributed by atoms with Gasteiger partial charge in [-0.3, -0.25) is 4.99 Å². The van der Waals surface area contributed by atoms with Gasteiger partial charge in [-0.15, -0.1) is 0 Å². The van der Waals surface area contributed by atoms with Crippen molar-refractivity contribution in [3.05, 3.63) is 0 Å². The van der Waals surface area contributed by atoms with Crippen molar-refractivity contribution in [1.82, 2.24) is 0 Å². The Morgan fingerprint density at radius 1 is 1.69 bits per heavy atom. The Morgan fingerprint density at radius 2 is 2.46 bits per heavy atom. The van der Waals surface area contributed by atoms with E-state index in [0.717, 1.165) is 0 Å². The molecule has 0 aromatic rings. The number of nitrogens with two attached hydrogens (primary N) is 1. The van der Waals surface area contributed by atoms with Gasteiger partial charge in [-0.25, -0.2) is 0 Å². The van der Waals surface area contributed by atoms with Gasteiger partial charge >= 0.3 is 0 Å². The first-order chi connectivity index (χ1) is 6.20. The van der Waals surface area contributed by atoms with Gasteiger partial charge in [0.2, 0.25) is 0 Å². The molecule has 4 unspecified atom stereocenters. The monoisotopic (exact) mass is 204 g/mol. The van der Waals surface area contributed by atoms with E-state index in [2.05, 4.69) is 4.99 Å². The van der Waals surface area contributed by atoms with Gasteiger partial charge in [-0.1, -0.05) is 11.8 Å². The van der Waals surface area contributed by atoms with Crippen molar-refractivity contribution < 1.29 is 14.9 Å². The van der Waals surface area contributed by atoms with Gasteiger partial charge in [0.25, 0.3) is 0 Å². The smallest absolute Gasteiger partial charge is 0.157 e. The number of aliphatic imine (C=N–C) groups is 1. The zero-order valence-electron chi connectivity index (χ0n) is 6.96. The van der Waals surface area contributed by atoms with Crippen LogP contribution in [-0.4, -0.2) is 45.7 Å². The molecule has 0 amide bonds. The van der Waals surface area contributed by atoms with Crippen LogP contribution in [-0.2, 0) is 4.74 Å². The maximum absolute atomic E-state index is 9.63. The predicted molar refractivity (Wildman–Crippen MR) is 49.4 cm³/mol. The summed E-state index contributed by atoms with van der Waals surface area (Å²) in [6.07, 6.45) is -0.413. The van der Waals surface area contributed by atoms with E-state index >= 15 is 0 Å². The molecular weight excluding hydrogens is 192 g/mol. The minimum absolute atomic E-state index is 0.0687. The molecule has 0 bridgehead atoms. The van der Waals surface area contributed by atoms with Crippen LogP contribution in [0.25, 0.3) is 0 Å². The van der Waals surface area contributed by atoms with Crippen molar-refractivity contribution >= 4 is 16.9 Å². The molecule has 13 heavy (non-hydrogen) atoms. The lowest BCUT2D eigenvalue weighted by molar-refractivity contribution is -0.0875. The lowest BCUT2D eigenvalue weighted by Gasteiger charge is -2.33. The Hall–Kier alpha value is -0.300. The number of aliphatic hydroxyl groups is 2. The van der Waals surface area contributed by atoms with E-state index in [0.29, 0.717) is 11.6 Å². The van der Waals surface area contributed by atoms with Crippen LogP contribution in [0.1, 0.15) is 6.42 Å². The summed E-state index contributed by atoms with van der Waals surface area (Å²) < 4.78 is 5.46. The number of hydrogen-bond acceptors (Lipinski definition) is 6. The van der Waals surface area contributed by atoms with Gasteiger partial charge in [0.05, 0.1) is 18.8 Å². The van der Waals surface area contributed by atoms with Crippen molar-refractivity contribution in [3.63, 3.8) is 0 Å². The molecule has 1 saturated heterocycles. The van der Waals surface area contributed by atoms with Crippen molar-refractivity contribution in [2.24, 2.45) is 10.7 Å². The van der Waals surface area contributed by atoms with Crippen molar-refractivity contribution in [2.45, 2.75) is 30.1 Å². The summed E-state index contributed by atoms with van der Waals surface area (Å²) in [5.74, 6) is 0. The van der Waals surface area contributed by atoms with E-state index in [4.69, 9.17) is 15.6 Å². The Morgan fingerprint density at radius 3 is 3.15 bits per heavy atom. The van der Waals surface area contributed by atoms with Gasteiger partial charge in [0.1, 0.15) is 11.5 Å². The van der Waals surface area contributed by atoms with E-state index in [9.17, 15) is 5.11 Å². The largest absolute Gasteiger partial charge is 0.394 e. The lowest BCUT2D eigenvalue weighted by atomic mass is 10.0. The van der Waals surface area contributed by atoms with Crippen molar-refractivity contribution in [1.29, 1.82) is 0 Å². The van der Waals surface area contributed by atoms with E-state index in [1.165, 1.54) is 11.8 Å². The maximum Gasteiger partial charge on any atom is 0.157 e. The minimum atomic E-state index is -0.551. The number of ether oxygens (including phenoxy) is 1. The molecule has 5 nitrogen and oxygen atoms in total. The number of aliphatic hydroxyl groups excluding tert-OH is 2. The molecule has 2 aliphatic rings. The summed E-state index contributed by atoms with van der Waals surface area (Å²) in [6.45, 7) is -0.0687. The second-order valence-electron chi connectivity index (χ2n) is 3.19. The van der Waals surface area contributed by atoms with E-state index < -0.39 is 6.10 Å². The van der Waals surface area contributed by atoms with Crippen LogP contribution in [0.4, 0.5) is 0 Å². The zero-order chi connectivity index (χ0) is 9.42. The molecule has 2 heterocycles. The number of thioether (sulfide) groups is 1. The number of nitrogens with zero attached hydrogens (tertiary/aromatic N) is 1. The summed E-state index contributed by atoms with van der Waals surface area (Å²) in [5.41, 5.74) is 5.28. The second-order valence-corrected chi connectivity index (χ2v) is 4.31. The maximum atomic E-state index is 9.63. The summed E-state index contributed by atoms with van der Waals surface area (Å²) in [6, 6.07) is -0.257. The highest BCUT2D eigenvalue weighted by Gasteiger charge is 2.41. The Kier molecular flexibility index (Phi) is 2.46. The Labute approximate surface area is 80.0 Å². The number of amidine groups is 1. The third kappa shape index (κ3) is 1.67. The Bertz CT molecular complexity index is 236. The second kappa shape index (κ2) is 3.45. The molecule has 4 N–H and O–H groups in total. The topological polar surface area (TPSA) is 88.1 Å². The van der Waals surface area contributed by atoms with Crippen LogP contribution >= 0.6 is 11.8 Å². The molecular formula is C7H12N2O3S. The van der Waals surface area contributed by atoms with Gasteiger partial charge in [-0.2, -0.15) is 0 Å². The number of fused-ring (bicyclic) bond motifs is 1. The van der Waals surface area contributed by atoms with Crippen LogP contribution in [0.3, 0.4) is 0 Å². The standard InChI is InChI=1S/C7H12N2O3S/c8-7-9-5-4(11)1-3(2-10)12-6(5)13-7/h3-6,10-11H,1-2H2,(H2,8,9). The first-order valence-corrected chi connectivity index (χ1v) is 5.03. The summed E-state index contributed by atoms with van der Waals surface area (Å²) in [7, 11) is 0. The number of hydrogen-bond donors (Lipinski definition) is 3. The van der Waals surface area contributed by atoms with Crippen LogP contribution < -0.4 is 5.73 Å². The van der Waals surface area contributed by atoms with Crippen LogP contribution in [0.15, 0.2) is 4.99 Å². The Balaban J connectivity index is 2.06. The average molecular weight is 204 g/mol.